The van der Waals surface area contributed by atoms with Crippen LogP contribution in [-0.4, -0.2) is 73.6 Å². The lowest BCUT2D eigenvalue weighted by molar-refractivity contribution is 0.0398. The van der Waals surface area contributed by atoms with E-state index >= 15 is 0 Å². The Hall–Kier alpha value is -0.120. The molecule has 0 saturated carbocycles. The first-order chi connectivity index (χ1) is 9.06. The summed E-state index contributed by atoms with van der Waals surface area (Å²) in [5.74, 6) is 0.934. The predicted molar refractivity (Wildman–Crippen MR) is 84.7 cm³/mol. The normalized spacial score (nSPS) is 31.9. The number of rotatable bonds is 2. The molecule has 3 nitrogen and oxygen atoms in total. The molecular formula is C16H35N3. The smallest absolute Gasteiger partial charge is 0.0195 e. The summed E-state index contributed by atoms with van der Waals surface area (Å²) in [5.41, 5.74) is 0. The van der Waals surface area contributed by atoms with Crippen LogP contribution in [0, 0.1) is 5.92 Å². The number of likely N-dealkylation sites (tertiary alicyclic amines) is 1. The van der Waals surface area contributed by atoms with Gasteiger partial charge >= 0.3 is 0 Å². The molecule has 0 spiro atoms. The number of hydrogen-bond donors (Lipinski definition) is 0. The molecule has 2 aliphatic heterocycles. The van der Waals surface area contributed by atoms with Gasteiger partial charge in [-0.2, -0.15) is 0 Å². The zero-order chi connectivity index (χ0) is 14.4. The Kier molecular flexibility index (Phi) is 7.33. The largest absolute Gasteiger partial charge is 0.306 e. The van der Waals surface area contributed by atoms with E-state index in [1.54, 1.807) is 0 Å². The van der Waals surface area contributed by atoms with Crippen LogP contribution in [0.15, 0.2) is 0 Å². The van der Waals surface area contributed by atoms with Crippen LogP contribution in [0.25, 0.3) is 0 Å². The Morgan fingerprint density at radius 1 is 0.895 bits per heavy atom. The van der Waals surface area contributed by atoms with Gasteiger partial charge in [-0.15, -0.1) is 0 Å². The molecule has 2 rings (SSSR count). The van der Waals surface area contributed by atoms with E-state index < -0.39 is 0 Å². The van der Waals surface area contributed by atoms with Crippen molar-refractivity contribution in [2.24, 2.45) is 5.92 Å². The number of nitrogens with zero attached hydrogens (tertiary/aromatic N) is 3. The molecule has 0 aromatic carbocycles. The number of likely N-dealkylation sites (N-methyl/N-ethyl adjacent to an activating group) is 1. The van der Waals surface area contributed by atoms with Crippen LogP contribution < -0.4 is 0 Å². The van der Waals surface area contributed by atoms with Crippen LogP contribution in [0.5, 0.6) is 0 Å². The highest BCUT2D eigenvalue weighted by atomic mass is 15.3. The fourth-order valence-corrected chi connectivity index (χ4v) is 3.20. The van der Waals surface area contributed by atoms with Crippen LogP contribution >= 0.6 is 0 Å². The standard InChI is InChI=1S/C14H29N3.C2H6/c1-12-10-17(13(2)9-16(12)4)11-14-5-7-15(3)8-6-14;1-2/h12-14H,5-11H2,1-4H3;1-2H3. The summed E-state index contributed by atoms with van der Waals surface area (Å²) in [7, 11) is 4.50. The molecule has 2 unspecified atom stereocenters. The monoisotopic (exact) mass is 269 g/mol. The maximum atomic E-state index is 2.72. The summed E-state index contributed by atoms with van der Waals surface area (Å²) in [4.78, 5) is 7.68. The highest BCUT2D eigenvalue weighted by Gasteiger charge is 2.29. The van der Waals surface area contributed by atoms with Gasteiger partial charge in [-0.3, -0.25) is 4.90 Å². The Labute approximate surface area is 120 Å². The van der Waals surface area contributed by atoms with Crippen molar-refractivity contribution in [1.29, 1.82) is 0 Å². The van der Waals surface area contributed by atoms with Gasteiger partial charge in [0.1, 0.15) is 0 Å². The summed E-state index contributed by atoms with van der Waals surface area (Å²) in [5, 5.41) is 0. The highest BCUT2D eigenvalue weighted by Crippen LogP contribution is 2.21. The molecule has 0 N–H and O–H groups in total. The lowest BCUT2D eigenvalue weighted by atomic mass is 9.95. The first kappa shape index (κ1) is 16.9. The zero-order valence-electron chi connectivity index (χ0n) is 14.0. The van der Waals surface area contributed by atoms with Crippen LogP contribution in [0.1, 0.15) is 40.5 Å². The van der Waals surface area contributed by atoms with Crippen molar-refractivity contribution in [3.8, 4) is 0 Å². The van der Waals surface area contributed by atoms with Crippen molar-refractivity contribution in [2.75, 3.05) is 46.8 Å². The Morgan fingerprint density at radius 3 is 2.05 bits per heavy atom. The Balaban J connectivity index is 0.000000861. The van der Waals surface area contributed by atoms with Crippen LogP contribution in [0.2, 0.25) is 0 Å². The van der Waals surface area contributed by atoms with Gasteiger partial charge in [-0.25, -0.2) is 0 Å². The van der Waals surface area contributed by atoms with Crippen molar-refractivity contribution in [3.63, 3.8) is 0 Å². The van der Waals surface area contributed by atoms with Crippen LogP contribution in [0.4, 0.5) is 0 Å². The van der Waals surface area contributed by atoms with E-state index in [1.165, 1.54) is 45.6 Å². The molecule has 19 heavy (non-hydrogen) atoms. The summed E-state index contributed by atoms with van der Waals surface area (Å²) in [6.07, 6.45) is 2.79. The summed E-state index contributed by atoms with van der Waals surface area (Å²) in [6.45, 7) is 15.1. The van der Waals surface area contributed by atoms with E-state index in [-0.39, 0.29) is 0 Å². The molecule has 2 fully saturated rings. The van der Waals surface area contributed by atoms with Crippen molar-refractivity contribution in [2.45, 2.75) is 52.6 Å². The summed E-state index contributed by atoms with van der Waals surface area (Å²) < 4.78 is 0. The number of hydrogen-bond acceptors (Lipinski definition) is 3. The third-order valence-corrected chi connectivity index (χ3v) is 4.76. The zero-order valence-corrected chi connectivity index (χ0v) is 14.0. The van der Waals surface area contributed by atoms with E-state index in [9.17, 15) is 0 Å². The van der Waals surface area contributed by atoms with Crippen molar-refractivity contribution in [1.82, 2.24) is 14.7 Å². The van der Waals surface area contributed by atoms with Crippen LogP contribution in [-0.2, 0) is 0 Å². The van der Waals surface area contributed by atoms with E-state index in [4.69, 9.17) is 0 Å². The van der Waals surface area contributed by atoms with E-state index in [1.807, 2.05) is 13.8 Å². The van der Waals surface area contributed by atoms with Gasteiger partial charge in [0.15, 0.2) is 0 Å². The molecule has 114 valence electrons. The minimum absolute atomic E-state index is 0.720. The van der Waals surface area contributed by atoms with Gasteiger partial charge in [0.05, 0.1) is 0 Å². The van der Waals surface area contributed by atoms with Gasteiger partial charge in [-0.05, 0) is 59.8 Å². The third-order valence-electron chi connectivity index (χ3n) is 4.76. The fourth-order valence-electron chi connectivity index (χ4n) is 3.20. The SMILES string of the molecule is CC.CC1CN(CC2CCN(C)CC2)C(C)CN1C. The number of piperazine rings is 1. The minimum Gasteiger partial charge on any atom is -0.306 e. The van der Waals surface area contributed by atoms with Crippen molar-refractivity contribution < 1.29 is 0 Å². The molecule has 2 atom stereocenters. The third kappa shape index (κ3) is 5.05. The Bertz CT molecular complexity index is 236. The van der Waals surface area contributed by atoms with E-state index in [2.05, 4.69) is 42.6 Å². The van der Waals surface area contributed by atoms with E-state index in [0.717, 1.165) is 18.0 Å². The molecule has 3 heteroatoms. The second-order valence-corrected chi connectivity index (χ2v) is 6.34. The lowest BCUT2D eigenvalue weighted by Gasteiger charge is -2.44. The maximum Gasteiger partial charge on any atom is 0.0195 e. The molecular weight excluding hydrogens is 234 g/mol. The molecule has 0 bridgehead atoms. The summed E-state index contributed by atoms with van der Waals surface area (Å²) >= 11 is 0. The van der Waals surface area contributed by atoms with Gasteiger partial charge in [-0.1, -0.05) is 13.8 Å². The van der Waals surface area contributed by atoms with E-state index in [0.29, 0.717) is 0 Å². The number of piperidine rings is 1. The molecule has 2 saturated heterocycles. The highest BCUT2D eigenvalue weighted by molar-refractivity contribution is 4.85. The molecule has 2 heterocycles. The van der Waals surface area contributed by atoms with Gasteiger partial charge in [0.2, 0.25) is 0 Å². The van der Waals surface area contributed by atoms with Gasteiger partial charge in [0.25, 0.3) is 0 Å². The molecule has 0 aliphatic carbocycles. The Morgan fingerprint density at radius 2 is 1.47 bits per heavy atom. The second kappa shape index (κ2) is 8.23. The molecule has 0 aromatic rings. The molecule has 0 aromatic heterocycles. The average Bonchev–Trinajstić information content (AvgIpc) is 2.41. The lowest BCUT2D eigenvalue weighted by Crippen LogP contribution is -2.56. The average molecular weight is 269 g/mol. The second-order valence-electron chi connectivity index (χ2n) is 6.34. The topological polar surface area (TPSA) is 9.72 Å². The van der Waals surface area contributed by atoms with Crippen LogP contribution in [0.3, 0.4) is 0 Å². The molecule has 0 amide bonds. The maximum absolute atomic E-state index is 2.72. The first-order valence-corrected chi connectivity index (χ1v) is 8.19. The van der Waals surface area contributed by atoms with Gasteiger partial charge in [0, 0.05) is 31.7 Å². The fraction of sp³-hybridized carbons (Fsp3) is 1.00. The quantitative estimate of drug-likeness (QED) is 0.762. The minimum atomic E-state index is 0.720. The van der Waals surface area contributed by atoms with Crippen molar-refractivity contribution >= 4 is 0 Å². The molecule has 0 radical (unpaired) electrons. The van der Waals surface area contributed by atoms with Crippen molar-refractivity contribution in [3.05, 3.63) is 0 Å². The summed E-state index contributed by atoms with van der Waals surface area (Å²) in [6, 6.07) is 1.45. The molecule has 2 aliphatic rings. The van der Waals surface area contributed by atoms with Gasteiger partial charge < -0.3 is 9.80 Å². The predicted octanol–water partition coefficient (Wildman–Crippen LogP) is 2.38. The first-order valence-electron chi connectivity index (χ1n) is 8.19.